The number of hydrogen-bond acceptors (Lipinski definition) is 7. The Morgan fingerprint density at radius 3 is 2.87 bits per heavy atom. The van der Waals surface area contributed by atoms with Crippen LogP contribution in [0.4, 0.5) is 4.39 Å². The summed E-state index contributed by atoms with van der Waals surface area (Å²) in [6, 6.07) is 5.13. The molecule has 1 unspecified atom stereocenters. The van der Waals surface area contributed by atoms with Crippen LogP contribution in [0.3, 0.4) is 0 Å². The van der Waals surface area contributed by atoms with Gasteiger partial charge in [0, 0.05) is 30.4 Å². The quantitative estimate of drug-likeness (QED) is 0.622. The Morgan fingerprint density at radius 2 is 2.20 bits per heavy atom. The molecule has 0 aliphatic heterocycles. The van der Waals surface area contributed by atoms with Crippen LogP contribution in [-0.2, 0) is 0 Å². The number of phenols is 1. The Hall–Kier alpha value is -3.07. The molecule has 3 aromatic rings. The van der Waals surface area contributed by atoms with E-state index in [0.29, 0.717) is 18.4 Å². The molecule has 0 amide bonds. The average Bonchev–Trinajstić information content (AvgIpc) is 3.24. The summed E-state index contributed by atoms with van der Waals surface area (Å²) >= 11 is 0. The minimum atomic E-state index is -1.07. The van der Waals surface area contributed by atoms with Crippen LogP contribution in [0.2, 0.25) is 0 Å². The summed E-state index contributed by atoms with van der Waals surface area (Å²) < 4.78 is 22.2. The average molecular weight is 412 g/mol. The Morgan fingerprint density at radius 1 is 1.33 bits per heavy atom. The van der Waals surface area contributed by atoms with Gasteiger partial charge >= 0.3 is 0 Å². The lowest BCUT2D eigenvalue weighted by Crippen LogP contribution is -2.44. The zero-order chi connectivity index (χ0) is 21.1. The van der Waals surface area contributed by atoms with Crippen LogP contribution in [0.1, 0.15) is 32.6 Å². The maximum absolute atomic E-state index is 14.6. The molecule has 0 saturated heterocycles. The lowest BCUT2D eigenvalue weighted by Gasteiger charge is -2.31. The third-order valence-electron chi connectivity index (χ3n) is 5.70. The summed E-state index contributed by atoms with van der Waals surface area (Å²) in [4.78, 5) is 8.25. The van der Waals surface area contributed by atoms with Gasteiger partial charge in [-0.05, 0) is 45.4 Å². The Balaban J connectivity index is 1.50. The molecule has 30 heavy (non-hydrogen) atoms. The van der Waals surface area contributed by atoms with Crippen molar-refractivity contribution in [3.05, 3.63) is 43.1 Å². The fourth-order valence-corrected chi connectivity index (χ4v) is 3.77. The van der Waals surface area contributed by atoms with Crippen LogP contribution in [-0.4, -0.2) is 54.7 Å². The molecule has 1 fully saturated rings. The van der Waals surface area contributed by atoms with Crippen molar-refractivity contribution in [3.8, 4) is 28.7 Å². The van der Waals surface area contributed by atoms with Gasteiger partial charge in [0.1, 0.15) is 18.0 Å². The monoisotopic (exact) mass is 412 g/mol. The molecule has 1 aliphatic rings. The highest BCUT2D eigenvalue weighted by atomic mass is 19.1. The van der Waals surface area contributed by atoms with E-state index in [1.165, 1.54) is 6.20 Å². The minimum absolute atomic E-state index is 0.0223. The first-order valence-electron chi connectivity index (χ1n) is 9.98. The molecule has 158 valence electrons. The van der Waals surface area contributed by atoms with Gasteiger partial charge in [-0.15, -0.1) is 10.2 Å². The third kappa shape index (κ3) is 4.25. The van der Waals surface area contributed by atoms with Gasteiger partial charge in [0.15, 0.2) is 5.82 Å². The van der Waals surface area contributed by atoms with Gasteiger partial charge in [0.2, 0.25) is 0 Å². The summed E-state index contributed by atoms with van der Waals surface area (Å²) in [5.74, 6) is 0.449. The molecule has 8 nitrogen and oxygen atoms in total. The first-order valence-corrected chi connectivity index (χ1v) is 9.98. The second kappa shape index (κ2) is 8.35. The molecule has 2 aromatic heterocycles. The Bertz CT molecular complexity index is 982. The molecule has 3 atom stereocenters. The number of imidazole rings is 1. The number of nitrogens with zero attached hydrogens (tertiary/aromatic N) is 5. The standard InChI is InChI=1S/C21H25FN6O2/c1-21(23-2)7-3-4-16(22)18(11-21)30-19-12-25-20(27-26-19)15-6-5-14(10-17(15)29)28-9-8-24-13-28/h5-6,8-10,12-13,16,18,23,29H,3-4,7,11H2,1-2H3/t16?,18-,21-/m0/s1. The van der Waals surface area contributed by atoms with E-state index in [1.807, 2.05) is 13.1 Å². The fourth-order valence-electron chi connectivity index (χ4n) is 3.77. The number of benzene rings is 1. The van der Waals surface area contributed by atoms with Crippen molar-refractivity contribution in [2.75, 3.05) is 7.05 Å². The van der Waals surface area contributed by atoms with E-state index in [0.717, 1.165) is 18.5 Å². The first-order chi connectivity index (χ1) is 14.5. The zero-order valence-electron chi connectivity index (χ0n) is 17.0. The SMILES string of the molecule is CN[C@@]1(C)CCCC(F)[C@@H](Oc2cnc(-c3ccc(-n4ccnc4)cc3O)nn2)C1. The van der Waals surface area contributed by atoms with E-state index in [-0.39, 0.29) is 23.0 Å². The predicted molar refractivity (Wildman–Crippen MR) is 109 cm³/mol. The summed E-state index contributed by atoms with van der Waals surface area (Å²) in [7, 11) is 1.89. The number of alkyl halides is 1. The highest BCUT2D eigenvalue weighted by molar-refractivity contribution is 5.65. The number of rotatable bonds is 5. The number of phenolic OH excluding ortho intramolecular Hbond substituents is 1. The molecule has 1 aromatic carbocycles. The largest absolute Gasteiger partial charge is 0.507 e. The van der Waals surface area contributed by atoms with Gasteiger partial charge in [0.05, 0.1) is 23.8 Å². The van der Waals surface area contributed by atoms with Crippen LogP contribution in [0, 0.1) is 0 Å². The Labute approximate surface area is 174 Å². The topological polar surface area (TPSA) is 98.0 Å². The highest BCUT2D eigenvalue weighted by Crippen LogP contribution is 2.32. The van der Waals surface area contributed by atoms with Crippen LogP contribution in [0.5, 0.6) is 11.6 Å². The van der Waals surface area contributed by atoms with Crippen molar-refractivity contribution >= 4 is 0 Å². The highest BCUT2D eigenvalue weighted by Gasteiger charge is 2.36. The molecule has 9 heteroatoms. The molecule has 2 heterocycles. The molecule has 1 saturated carbocycles. The van der Waals surface area contributed by atoms with Crippen LogP contribution in [0.15, 0.2) is 43.1 Å². The molecule has 1 aliphatic carbocycles. The van der Waals surface area contributed by atoms with Crippen molar-refractivity contribution < 1.29 is 14.2 Å². The predicted octanol–water partition coefficient (Wildman–Crippen LogP) is 3.07. The lowest BCUT2D eigenvalue weighted by molar-refractivity contribution is 0.0726. The maximum atomic E-state index is 14.6. The molecule has 4 rings (SSSR count). The summed E-state index contributed by atoms with van der Waals surface area (Å²) in [6.07, 6.45) is 7.49. The van der Waals surface area contributed by atoms with Crippen LogP contribution >= 0.6 is 0 Å². The fraction of sp³-hybridized carbons (Fsp3) is 0.429. The molecular formula is C21H25FN6O2. The number of hydrogen-bond donors (Lipinski definition) is 2. The number of nitrogens with one attached hydrogen (secondary N) is 1. The normalized spacial score (nSPS) is 24.4. The van der Waals surface area contributed by atoms with Crippen molar-refractivity contribution in [2.45, 2.75) is 50.4 Å². The molecule has 0 radical (unpaired) electrons. The number of aromatic hydroxyl groups is 1. The molecular weight excluding hydrogens is 387 g/mol. The van der Waals surface area contributed by atoms with Crippen LogP contribution in [0.25, 0.3) is 17.1 Å². The molecule has 2 N–H and O–H groups in total. The van der Waals surface area contributed by atoms with E-state index in [4.69, 9.17) is 4.74 Å². The summed E-state index contributed by atoms with van der Waals surface area (Å²) in [5.41, 5.74) is 1.02. The molecule has 0 spiro atoms. The zero-order valence-corrected chi connectivity index (χ0v) is 17.0. The minimum Gasteiger partial charge on any atom is -0.507 e. The van der Waals surface area contributed by atoms with Crippen LogP contribution < -0.4 is 10.1 Å². The number of aromatic nitrogens is 5. The lowest BCUT2D eigenvalue weighted by atomic mass is 9.92. The smallest absolute Gasteiger partial charge is 0.252 e. The third-order valence-corrected chi connectivity index (χ3v) is 5.70. The maximum Gasteiger partial charge on any atom is 0.252 e. The van der Waals surface area contributed by atoms with E-state index in [1.54, 1.807) is 35.4 Å². The molecule has 0 bridgehead atoms. The summed E-state index contributed by atoms with van der Waals surface area (Å²) in [5, 5.41) is 21.8. The van der Waals surface area contributed by atoms with Gasteiger partial charge in [-0.1, -0.05) is 0 Å². The van der Waals surface area contributed by atoms with Gasteiger partial charge in [0.25, 0.3) is 5.88 Å². The number of halogens is 1. The van der Waals surface area contributed by atoms with Crippen molar-refractivity contribution in [1.29, 1.82) is 0 Å². The summed E-state index contributed by atoms with van der Waals surface area (Å²) in [6.45, 7) is 2.07. The van der Waals surface area contributed by atoms with Gasteiger partial charge in [-0.2, -0.15) is 0 Å². The second-order valence-corrected chi connectivity index (χ2v) is 7.87. The van der Waals surface area contributed by atoms with E-state index in [9.17, 15) is 9.50 Å². The van der Waals surface area contributed by atoms with Gasteiger partial charge in [-0.3, -0.25) is 0 Å². The van der Waals surface area contributed by atoms with Crippen molar-refractivity contribution in [1.82, 2.24) is 30.0 Å². The second-order valence-electron chi connectivity index (χ2n) is 7.87. The number of ether oxygens (including phenoxy) is 1. The van der Waals surface area contributed by atoms with E-state index in [2.05, 4.69) is 32.4 Å². The van der Waals surface area contributed by atoms with Gasteiger partial charge in [-0.25, -0.2) is 14.4 Å². The van der Waals surface area contributed by atoms with E-state index < -0.39 is 12.3 Å². The van der Waals surface area contributed by atoms with Crippen molar-refractivity contribution in [2.24, 2.45) is 0 Å². The van der Waals surface area contributed by atoms with E-state index >= 15 is 0 Å². The van der Waals surface area contributed by atoms with Crippen molar-refractivity contribution in [3.63, 3.8) is 0 Å². The first kappa shape index (κ1) is 20.2. The van der Waals surface area contributed by atoms with Gasteiger partial charge < -0.3 is 19.7 Å². The Kier molecular flexibility index (Phi) is 5.63.